The van der Waals surface area contributed by atoms with Gasteiger partial charge in [0.25, 0.3) is 5.91 Å². The van der Waals surface area contributed by atoms with Gasteiger partial charge in [-0.1, -0.05) is 29.8 Å². The number of benzene rings is 2. The van der Waals surface area contributed by atoms with Crippen LogP contribution < -0.4 is 5.32 Å². The largest absolute Gasteiger partial charge is 0.478 e. The molecule has 0 aliphatic rings. The second-order valence-electron chi connectivity index (χ2n) is 7.85. The Kier molecular flexibility index (Phi) is 7.66. The van der Waals surface area contributed by atoms with Crippen LogP contribution in [-0.2, 0) is 18.4 Å². The Morgan fingerprint density at radius 1 is 0.872 bits per heavy atom. The maximum absolute atomic E-state index is 13.8. The highest BCUT2D eigenvalue weighted by molar-refractivity contribution is 6.35. The fourth-order valence-electron chi connectivity index (χ4n) is 3.26. The van der Waals surface area contributed by atoms with Crippen molar-refractivity contribution in [2.75, 3.05) is 5.32 Å². The van der Waals surface area contributed by atoms with Crippen molar-refractivity contribution < 1.29 is 58.6 Å². The number of hydrogen-bond acceptors (Lipinski definition) is 3. The number of amides is 1. The first kappa shape index (κ1) is 29.7. The van der Waals surface area contributed by atoms with E-state index in [9.17, 15) is 58.6 Å². The van der Waals surface area contributed by atoms with Gasteiger partial charge in [-0.2, -0.15) is 49.0 Å². The molecule has 3 aromatic rings. The lowest BCUT2D eigenvalue weighted by Gasteiger charge is -2.23. The third kappa shape index (κ3) is 5.79. The van der Waals surface area contributed by atoms with Gasteiger partial charge in [-0.25, -0.2) is 4.79 Å². The topological polar surface area (TPSA) is 84.2 Å². The maximum atomic E-state index is 13.8. The first-order valence-corrected chi connectivity index (χ1v) is 10.5. The number of hydrogen-bond donors (Lipinski definition) is 2. The summed E-state index contributed by atoms with van der Waals surface area (Å²) in [6.45, 7) is -0.823. The highest BCUT2D eigenvalue weighted by Crippen LogP contribution is 2.51. The first-order valence-electron chi connectivity index (χ1n) is 10.2. The molecule has 0 spiro atoms. The van der Waals surface area contributed by atoms with Gasteiger partial charge in [0.1, 0.15) is 0 Å². The molecule has 39 heavy (non-hydrogen) atoms. The van der Waals surface area contributed by atoms with Gasteiger partial charge in [-0.15, -0.1) is 0 Å². The summed E-state index contributed by atoms with van der Waals surface area (Å²) in [5.41, 5.74) is -6.31. The lowest BCUT2D eigenvalue weighted by atomic mass is 10.0. The van der Waals surface area contributed by atoms with Gasteiger partial charge in [0.15, 0.2) is 5.69 Å². The molecule has 0 aliphatic carbocycles. The van der Waals surface area contributed by atoms with Crippen molar-refractivity contribution in [3.63, 3.8) is 0 Å². The summed E-state index contributed by atoms with van der Waals surface area (Å²) in [5.74, 6) is -14.6. The molecule has 2 N–H and O–H groups in total. The molecule has 0 bridgehead atoms. The van der Waals surface area contributed by atoms with E-state index in [1.54, 1.807) is 0 Å². The molecule has 0 atom stereocenters. The average Bonchev–Trinajstić information content (AvgIpc) is 3.24. The van der Waals surface area contributed by atoms with Crippen molar-refractivity contribution in [2.45, 2.75) is 30.7 Å². The van der Waals surface area contributed by atoms with Gasteiger partial charge >= 0.3 is 30.2 Å². The van der Waals surface area contributed by atoms with E-state index in [4.69, 9.17) is 11.6 Å². The molecule has 0 radical (unpaired) electrons. The van der Waals surface area contributed by atoms with Gasteiger partial charge in [0.2, 0.25) is 0 Å². The van der Waals surface area contributed by atoms with E-state index in [0.717, 1.165) is 30.3 Å². The second kappa shape index (κ2) is 10.1. The van der Waals surface area contributed by atoms with Crippen LogP contribution in [0.1, 0.15) is 37.5 Å². The zero-order valence-electron chi connectivity index (χ0n) is 18.6. The maximum Gasteiger partial charge on any atom is 0.459 e. The number of carbonyl (C=O) groups is 2. The zero-order chi connectivity index (χ0) is 29.6. The third-order valence-electron chi connectivity index (χ3n) is 5.14. The number of nitrogens with zero attached hydrogens (tertiary/aromatic N) is 2. The Labute approximate surface area is 215 Å². The molecule has 17 heteroatoms. The molecule has 1 heterocycles. The number of anilines is 1. The van der Waals surface area contributed by atoms with Crippen LogP contribution in [0.2, 0.25) is 5.02 Å². The van der Waals surface area contributed by atoms with Crippen molar-refractivity contribution in [2.24, 2.45) is 0 Å². The Balaban J connectivity index is 1.91. The number of aromatic nitrogens is 2. The SMILES string of the molecule is O=C(O)c1cccc(Cl)c1C(=O)Nc1ccc(Cn2cc(C(F)(F)C(F)(F)F)c(C(F)(F)C(F)(F)F)n2)cc1. The first-order chi connectivity index (χ1) is 17.8. The second-order valence-corrected chi connectivity index (χ2v) is 8.26. The van der Waals surface area contributed by atoms with Gasteiger partial charge in [-0.05, 0) is 29.8 Å². The van der Waals surface area contributed by atoms with E-state index < -0.39 is 59.4 Å². The number of carboxylic acids is 1. The fourth-order valence-corrected chi connectivity index (χ4v) is 3.52. The molecular weight excluding hydrogens is 580 g/mol. The predicted molar refractivity (Wildman–Crippen MR) is 114 cm³/mol. The van der Waals surface area contributed by atoms with Gasteiger partial charge in [0.05, 0.1) is 28.3 Å². The minimum absolute atomic E-state index is 0.00839. The summed E-state index contributed by atoms with van der Waals surface area (Å²) in [6.07, 6.45) is -13.3. The fraction of sp³-hybridized carbons (Fsp3) is 0.227. The van der Waals surface area contributed by atoms with E-state index in [1.807, 2.05) is 0 Å². The van der Waals surface area contributed by atoms with E-state index in [-0.39, 0.29) is 32.7 Å². The Morgan fingerprint density at radius 2 is 1.44 bits per heavy atom. The van der Waals surface area contributed by atoms with Crippen LogP contribution in [0.25, 0.3) is 0 Å². The molecule has 0 saturated heterocycles. The molecule has 3 rings (SSSR count). The minimum Gasteiger partial charge on any atom is -0.478 e. The van der Waals surface area contributed by atoms with Crippen LogP contribution in [0.4, 0.5) is 49.6 Å². The Morgan fingerprint density at radius 3 is 1.95 bits per heavy atom. The Bertz CT molecular complexity index is 1360. The third-order valence-corrected chi connectivity index (χ3v) is 5.45. The summed E-state index contributed by atoms with van der Waals surface area (Å²) < 4.78 is 132. The van der Waals surface area contributed by atoms with Crippen molar-refractivity contribution in [1.29, 1.82) is 0 Å². The number of alkyl halides is 10. The number of rotatable bonds is 7. The van der Waals surface area contributed by atoms with Crippen molar-refractivity contribution in [3.8, 4) is 0 Å². The minimum atomic E-state index is -6.52. The quantitative estimate of drug-likeness (QED) is 0.295. The number of aromatic carboxylic acids is 1. The molecule has 1 aromatic heterocycles. The molecule has 0 aliphatic heterocycles. The monoisotopic (exact) mass is 591 g/mol. The summed E-state index contributed by atoms with van der Waals surface area (Å²) >= 11 is 5.90. The molecular formula is C22H12ClF10N3O3. The molecule has 0 fully saturated rings. The molecule has 0 saturated carbocycles. The van der Waals surface area contributed by atoms with Gasteiger partial charge < -0.3 is 10.4 Å². The van der Waals surface area contributed by atoms with Crippen molar-refractivity contribution in [3.05, 3.63) is 81.6 Å². The van der Waals surface area contributed by atoms with E-state index >= 15 is 0 Å². The highest BCUT2D eigenvalue weighted by atomic mass is 35.5. The molecule has 210 valence electrons. The number of carbonyl (C=O) groups excluding carboxylic acids is 1. The van der Waals surface area contributed by atoms with Crippen LogP contribution in [-0.4, -0.2) is 39.1 Å². The van der Waals surface area contributed by atoms with Crippen LogP contribution >= 0.6 is 11.6 Å². The van der Waals surface area contributed by atoms with E-state index in [0.29, 0.717) is 0 Å². The molecule has 0 unspecified atom stereocenters. The Hall–Kier alpha value is -3.82. The molecule has 6 nitrogen and oxygen atoms in total. The smallest absolute Gasteiger partial charge is 0.459 e. The number of carboxylic acid groups (broad SMARTS) is 1. The number of halogens is 11. The van der Waals surface area contributed by atoms with Crippen LogP contribution in [0.5, 0.6) is 0 Å². The van der Waals surface area contributed by atoms with E-state index in [2.05, 4.69) is 10.4 Å². The van der Waals surface area contributed by atoms with Crippen LogP contribution in [0.3, 0.4) is 0 Å². The van der Waals surface area contributed by atoms with Crippen molar-refractivity contribution in [1.82, 2.24) is 9.78 Å². The summed E-state index contributed by atoms with van der Waals surface area (Å²) in [5, 5.41) is 14.0. The lowest BCUT2D eigenvalue weighted by Crippen LogP contribution is -2.40. The zero-order valence-corrected chi connectivity index (χ0v) is 19.4. The average molecular weight is 592 g/mol. The normalized spacial score (nSPS) is 12.9. The summed E-state index contributed by atoms with van der Waals surface area (Å²) in [6, 6.07) is 8.18. The predicted octanol–water partition coefficient (Wildman–Crippen LogP) is 6.84. The number of nitrogens with one attached hydrogen (secondary N) is 1. The van der Waals surface area contributed by atoms with Gasteiger partial charge in [-0.3, -0.25) is 9.48 Å². The van der Waals surface area contributed by atoms with E-state index in [1.165, 1.54) is 12.1 Å². The summed E-state index contributed by atoms with van der Waals surface area (Å²) in [4.78, 5) is 23.9. The summed E-state index contributed by atoms with van der Waals surface area (Å²) in [7, 11) is 0. The standard InChI is InChI=1S/C22H12ClF10N3O3/c23-14-3-1-2-12(18(38)39)15(14)17(37)34-11-6-4-10(5-7-11)8-36-9-13(19(24,25)21(28,29)30)16(35-36)20(26,27)22(31,32)33/h1-7,9H,8H2,(H,34,37)(H,38,39). The molecule has 2 aromatic carbocycles. The highest BCUT2D eigenvalue weighted by Gasteiger charge is 2.67. The molecule has 1 amide bonds. The van der Waals surface area contributed by atoms with Crippen LogP contribution in [0.15, 0.2) is 48.7 Å². The van der Waals surface area contributed by atoms with Gasteiger partial charge in [0, 0.05) is 11.9 Å². The van der Waals surface area contributed by atoms with Crippen molar-refractivity contribution >= 4 is 29.2 Å². The van der Waals surface area contributed by atoms with Crippen LogP contribution in [0, 0.1) is 0 Å². The lowest BCUT2D eigenvalue weighted by molar-refractivity contribution is -0.302.